The van der Waals surface area contributed by atoms with Gasteiger partial charge in [-0.2, -0.15) is 0 Å². The summed E-state index contributed by atoms with van der Waals surface area (Å²) in [6.07, 6.45) is 2.06. The van der Waals surface area contributed by atoms with E-state index in [-0.39, 0.29) is 12.4 Å². The first-order valence-corrected chi connectivity index (χ1v) is 9.99. The van der Waals surface area contributed by atoms with Gasteiger partial charge in [-0.15, -0.1) is 0 Å². The Kier molecular flexibility index (Phi) is 5.82. The smallest absolute Gasteiger partial charge is 0.310 e. The van der Waals surface area contributed by atoms with E-state index in [2.05, 4.69) is 53.2 Å². The number of hydrogen-bond donors (Lipinski definition) is 3. The Balaban J connectivity index is 1.69. The number of ether oxygens (including phenoxy) is 1. The molecule has 1 aliphatic rings. The molecule has 0 aromatic heterocycles. The summed E-state index contributed by atoms with van der Waals surface area (Å²) in [6.45, 7) is 8.58. The van der Waals surface area contributed by atoms with E-state index in [4.69, 9.17) is 4.74 Å². The maximum atomic E-state index is 12.5. The molecular formula is C23H31N3O2. The SMILES string of the molecule is CCCC1(CC(=O)OC(C)(C)C)Nc2ccc(NCc3ccccc3)cc2N1. The number of carbonyl (C=O) groups is 1. The van der Waals surface area contributed by atoms with E-state index in [1.165, 1.54) is 5.56 Å². The molecule has 5 heteroatoms. The van der Waals surface area contributed by atoms with E-state index in [1.807, 2.05) is 39.0 Å². The first-order chi connectivity index (χ1) is 13.3. The van der Waals surface area contributed by atoms with Crippen molar-refractivity contribution in [2.24, 2.45) is 0 Å². The van der Waals surface area contributed by atoms with Gasteiger partial charge < -0.3 is 20.7 Å². The second kappa shape index (κ2) is 8.13. The minimum Gasteiger partial charge on any atom is -0.460 e. The van der Waals surface area contributed by atoms with Crippen molar-refractivity contribution in [1.29, 1.82) is 0 Å². The third kappa shape index (κ3) is 5.18. The Morgan fingerprint density at radius 2 is 1.79 bits per heavy atom. The van der Waals surface area contributed by atoms with Gasteiger partial charge in [0.15, 0.2) is 0 Å². The van der Waals surface area contributed by atoms with Gasteiger partial charge in [-0.3, -0.25) is 4.79 Å². The maximum Gasteiger partial charge on any atom is 0.310 e. The van der Waals surface area contributed by atoms with Crippen LogP contribution in [0.1, 0.15) is 52.5 Å². The predicted molar refractivity (Wildman–Crippen MR) is 116 cm³/mol. The monoisotopic (exact) mass is 381 g/mol. The molecule has 0 spiro atoms. The van der Waals surface area contributed by atoms with Crippen LogP contribution in [-0.4, -0.2) is 17.2 Å². The summed E-state index contributed by atoms with van der Waals surface area (Å²) in [5.74, 6) is -0.198. The van der Waals surface area contributed by atoms with E-state index >= 15 is 0 Å². The molecule has 0 saturated heterocycles. The van der Waals surface area contributed by atoms with E-state index in [0.717, 1.165) is 36.4 Å². The number of nitrogens with one attached hydrogen (secondary N) is 3. The molecule has 3 rings (SSSR count). The molecule has 1 aliphatic heterocycles. The summed E-state index contributed by atoms with van der Waals surface area (Å²) < 4.78 is 5.55. The molecule has 1 unspecified atom stereocenters. The summed E-state index contributed by atoms with van der Waals surface area (Å²) in [5, 5.41) is 10.5. The van der Waals surface area contributed by atoms with Crippen molar-refractivity contribution in [3.05, 3.63) is 54.1 Å². The number of hydrogen-bond acceptors (Lipinski definition) is 5. The van der Waals surface area contributed by atoms with Crippen molar-refractivity contribution < 1.29 is 9.53 Å². The quantitative estimate of drug-likeness (QED) is 0.563. The molecule has 0 bridgehead atoms. The van der Waals surface area contributed by atoms with Gasteiger partial charge in [0.2, 0.25) is 0 Å². The summed E-state index contributed by atoms with van der Waals surface area (Å²) in [5.41, 5.74) is 3.32. The van der Waals surface area contributed by atoms with Crippen molar-refractivity contribution >= 4 is 23.0 Å². The minimum absolute atomic E-state index is 0.198. The molecule has 2 aromatic carbocycles. The van der Waals surface area contributed by atoms with Crippen LogP contribution in [0, 0.1) is 0 Å². The molecule has 3 N–H and O–H groups in total. The van der Waals surface area contributed by atoms with Gasteiger partial charge in [-0.25, -0.2) is 0 Å². The summed E-state index contributed by atoms with van der Waals surface area (Å²) >= 11 is 0. The van der Waals surface area contributed by atoms with Crippen LogP contribution in [0.15, 0.2) is 48.5 Å². The number of carbonyl (C=O) groups excluding carboxylic acids is 1. The van der Waals surface area contributed by atoms with Gasteiger partial charge in [0.05, 0.1) is 17.8 Å². The average Bonchev–Trinajstić information content (AvgIpc) is 2.96. The van der Waals surface area contributed by atoms with Gasteiger partial charge in [0, 0.05) is 12.2 Å². The normalized spacial score (nSPS) is 18.0. The molecule has 28 heavy (non-hydrogen) atoms. The Bertz CT molecular complexity index is 814. The van der Waals surface area contributed by atoms with Crippen LogP contribution in [0.25, 0.3) is 0 Å². The molecule has 0 radical (unpaired) electrons. The molecule has 0 amide bonds. The van der Waals surface area contributed by atoms with E-state index < -0.39 is 11.3 Å². The second-order valence-electron chi connectivity index (χ2n) is 8.44. The first kappa shape index (κ1) is 20.1. The fourth-order valence-corrected chi connectivity index (χ4v) is 3.57. The van der Waals surface area contributed by atoms with Crippen LogP contribution in [-0.2, 0) is 16.1 Å². The largest absolute Gasteiger partial charge is 0.460 e. The molecule has 1 atom stereocenters. The van der Waals surface area contributed by atoms with Crippen molar-refractivity contribution in [3.63, 3.8) is 0 Å². The molecule has 0 fully saturated rings. The zero-order valence-corrected chi connectivity index (χ0v) is 17.3. The second-order valence-corrected chi connectivity index (χ2v) is 8.44. The zero-order valence-electron chi connectivity index (χ0n) is 17.3. The lowest BCUT2D eigenvalue weighted by atomic mass is 10.0. The number of fused-ring (bicyclic) bond motifs is 1. The van der Waals surface area contributed by atoms with Crippen LogP contribution in [0.4, 0.5) is 17.1 Å². The molecule has 0 saturated carbocycles. The summed E-state index contributed by atoms with van der Waals surface area (Å²) in [7, 11) is 0. The van der Waals surface area contributed by atoms with Gasteiger partial charge in [0.25, 0.3) is 0 Å². The van der Waals surface area contributed by atoms with Crippen LogP contribution in [0.5, 0.6) is 0 Å². The molecule has 1 heterocycles. The lowest BCUT2D eigenvalue weighted by Gasteiger charge is -2.31. The van der Waals surface area contributed by atoms with Gasteiger partial charge in [0.1, 0.15) is 11.3 Å². The molecule has 2 aromatic rings. The lowest BCUT2D eigenvalue weighted by Crippen LogP contribution is -2.45. The number of benzene rings is 2. The first-order valence-electron chi connectivity index (χ1n) is 9.99. The molecular weight excluding hydrogens is 350 g/mol. The van der Waals surface area contributed by atoms with Crippen LogP contribution in [0.3, 0.4) is 0 Å². The van der Waals surface area contributed by atoms with Crippen molar-refractivity contribution in [3.8, 4) is 0 Å². The number of esters is 1. The highest BCUT2D eigenvalue weighted by Gasteiger charge is 2.38. The molecule has 0 aliphatic carbocycles. The maximum absolute atomic E-state index is 12.5. The minimum atomic E-state index is -0.503. The van der Waals surface area contributed by atoms with Gasteiger partial charge in [-0.1, -0.05) is 43.7 Å². The van der Waals surface area contributed by atoms with Gasteiger partial charge in [-0.05, 0) is 51.0 Å². The summed E-state index contributed by atoms with van der Waals surface area (Å²) in [4.78, 5) is 12.5. The molecule has 5 nitrogen and oxygen atoms in total. The fourth-order valence-electron chi connectivity index (χ4n) is 3.57. The third-order valence-electron chi connectivity index (χ3n) is 4.65. The van der Waals surface area contributed by atoms with Crippen molar-refractivity contribution in [2.75, 3.05) is 16.0 Å². The average molecular weight is 382 g/mol. The van der Waals surface area contributed by atoms with E-state index in [0.29, 0.717) is 0 Å². The Morgan fingerprint density at radius 3 is 2.46 bits per heavy atom. The number of rotatable bonds is 7. The highest BCUT2D eigenvalue weighted by molar-refractivity contribution is 5.83. The van der Waals surface area contributed by atoms with Crippen LogP contribution >= 0.6 is 0 Å². The highest BCUT2D eigenvalue weighted by atomic mass is 16.6. The summed E-state index contributed by atoms with van der Waals surface area (Å²) in [6, 6.07) is 16.5. The van der Waals surface area contributed by atoms with E-state index in [9.17, 15) is 4.79 Å². The number of anilines is 3. The standard InChI is InChI=1S/C23H31N3O2/c1-5-13-23(15-21(27)28-22(2,3)4)25-19-12-11-18(14-20(19)26-23)24-16-17-9-7-6-8-10-17/h6-12,14,24-26H,5,13,15-16H2,1-4H3. The Morgan fingerprint density at radius 1 is 1.07 bits per heavy atom. The Labute approximate surface area is 167 Å². The molecule has 150 valence electrons. The van der Waals surface area contributed by atoms with Crippen LogP contribution in [0.2, 0.25) is 0 Å². The van der Waals surface area contributed by atoms with Crippen LogP contribution < -0.4 is 16.0 Å². The third-order valence-corrected chi connectivity index (χ3v) is 4.65. The predicted octanol–water partition coefficient (Wildman–Crippen LogP) is 5.36. The van der Waals surface area contributed by atoms with E-state index in [1.54, 1.807) is 0 Å². The van der Waals surface area contributed by atoms with Crippen molar-refractivity contribution in [2.45, 2.75) is 64.8 Å². The van der Waals surface area contributed by atoms with Gasteiger partial charge >= 0.3 is 5.97 Å². The lowest BCUT2D eigenvalue weighted by molar-refractivity contribution is -0.155. The topological polar surface area (TPSA) is 62.4 Å². The zero-order chi connectivity index (χ0) is 20.2. The van der Waals surface area contributed by atoms with Crippen molar-refractivity contribution in [1.82, 2.24) is 0 Å². The highest BCUT2D eigenvalue weighted by Crippen LogP contribution is 2.40. The Hall–Kier alpha value is -2.69. The fraction of sp³-hybridized carbons (Fsp3) is 0.435.